The predicted molar refractivity (Wildman–Crippen MR) is 102 cm³/mol. The smallest absolute Gasteiger partial charge is 0.195 e. The summed E-state index contributed by atoms with van der Waals surface area (Å²) in [5, 5.41) is 0. The van der Waals surface area contributed by atoms with Gasteiger partial charge in [-0.25, -0.2) is 0 Å². The van der Waals surface area contributed by atoms with Gasteiger partial charge < -0.3 is 0 Å². The average Bonchev–Trinajstić information content (AvgIpc) is 2.69. The van der Waals surface area contributed by atoms with Gasteiger partial charge in [0, 0.05) is 22.3 Å². The van der Waals surface area contributed by atoms with Crippen molar-refractivity contribution in [3.8, 4) is 0 Å². The van der Waals surface area contributed by atoms with Gasteiger partial charge in [0.05, 0.1) is 5.71 Å². The van der Waals surface area contributed by atoms with E-state index in [1.807, 2.05) is 55.5 Å². The fourth-order valence-corrected chi connectivity index (χ4v) is 3.19. The predicted octanol–water partition coefficient (Wildman–Crippen LogP) is 4.28. The number of ketones is 2. The third-order valence-corrected chi connectivity index (χ3v) is 4.59. The van der Waals surface area contributed by atoms with Crippen LogP contribution in [0, 0.1) is 6.92 Å². The Morgan fingerprint density at radius 1 is 0.808 bits per heavy atom. The first-order valence-corrected chi connectivity index (χ1v) is 8.53. The van der Waals surface area contributed by atoms with Crippen LogP contribution in [-0.2, 0) is 0 Å². The molecule has 0 spiro atoms. The molecular formula is C23H17NO2. The Morgan fingerprint density at radius 3 is 2.12 bits per heavy atom. The highest BCUT2D eigenvalue weighted by atomic mass is 16.2. The second kappa shape index (κ2) is 6.52. The maximum Gasteiger partial charge on any atom is 0.195 e. The van der Waals surface area contributed by atoms with Crippen LogP contribution in [0.25, 0.3) is 0 Å². The van der Waals surface area contributed by atoms with E-state index >= 15 is 0 Å². The number of hydrogen-bond donors (Lipinski definition) is 0. The van der Waals surface area contributed by atoms with Crippen molar-refractivity contribution in [2.45, 2.75) is 13.0 Å². The molecule has 0 N–H and O–H groups in total. The van der Waals surface area contributed by atoms with Crippen molar-refractivity contribution in [3.63, 3.8) is 0 Å². The van der Waals surface area contributed by atoms with Crippen molar-refractivity contribution in [1.82, 2.24) is 0 Å². The summed E-state index contributed by atoms with van der Waals surface area (Å²) in [6.45, 7) is 2.02. The molecule has 26 heavy (non-hydrogen) atoms. The molecule has 3 aromatic rings. The molecule has 0 bridgehead atoms. The molecule has 4 rings (SSSR count). The van der Waals surface area contributed by atoms with E-state index < -0.39 is 6.04 Å². The van der Waals surface area contributed by atoms with Crippen molar-refractivity contribution in [2.24, 2.45) is 4.99 Å². The average molecular weight is 339 g/mol. The minimum atomic E-state index is -1.04. The van der Waals surface area contributed by atoms with Crippen LogP contribution in [0.1, 0.15) is 37.4 Å². The number of benzene rings is 3. The summed E-state index contributed by atoms with van der Waals surface area (Å²) in [5.41, 5.74) is 4.56. The van der Waals surface area contributed by atoms with Crippen molar-refractivity contribution in [3.05, 3.63) is 107 Å². The van der Waals surface area contributed by atoms with Crippen molar-refractivity contribution >= 4 is 17.3 Å². The molecule has 0 aromatic heterocycles. The molecule has 1 unspecified atom stereocenters. The summed E-state index contributed by atoms with van der Waals surface area (Å²) < 4.78 is 0. The monoisotopic (exact) mass is 339 g/mol. The molecule has 0 aliphatic carbocycles. The maximum atomic E-state index is 12.9. The molecule has 3 nitrogen and oxygen atoms in total. The van der Waals surface area contributed by atoms with E-state index in [9.17, 15) is 9.59 Å². The minimum Gasteiger partial charge on any atom is -0.291 e. The van der Waals surface area contributed by atoms with Gasteiger partial charge in [-0.2, -0.15) is 0 Å². The van der Waals surface area contributed by atoms with Gasteiger partial charge in [-0.15, -0.1) is 0 Å². The summed E-state index contributed by atoms with van der Waals surface area (Å²) in [4.78, 5) is 30.5. The third-order valence-electron chi connectivity index (χ3n) is 4.59. The van der Waals surface area contributed by atoms with E-state index in [-0.39, 0.29) is 11.6 Å². The van der Waals surface area contributed by atoms with Gasteiger partial charge in [0.25, 0.3) is 0 Å². The zero-order chi connectivity index (χ0) is 18.1. The zero-order valence-corrected chi connectivity index (χ0v) is 14.3. The number of aryl methyl sites for hydroxylation is 1. The third kappa shape index (κ3) is 2.78. The van der Waals surface area contributed by atoms with Gasteiger partial charge in [0.2, 0.25) is 0 Å². The Bertz CT molecular complexity index is 1020. The quantitative estimate of drug-likeness (QED) is 0.528. The number of Topliss-reactive ketones (excluding diaryl/α,β-unsaturated/α-hetero) is 2. The van der Waals surface area contributed by atoms with Crippen LogP contribution in [-0.4, -0.2) is 23.3 Å². The summed E-state index contributed by atoms with van der Waals surface area (Å²) in [6.07, 6.45) is 0. The molecule has 0 saturated heterocycles. The minimum absolute atomic E-state index is 0.245. The molecular weight excluding hydrogens is 322 g/mol. The maximum absolute atomic E-state index is 12.9. The SMILES string of the molecule is Cc1ccc(C2=NC(C(=O)c3ccccc3)C(=O)c3ccccc32)cc1. The lowest BCUT2D eigenvalue weighted by atomic mass is 9.87. The van der Waals surface area contributed by atoms with Crippen LogP contribution in [0.2, 0.25) is 0 Å². The second-order valence-electron chi connectivity index (χ2n) is 6.39. The summed E-state index contributed by atoms with van der Waals surface area (Å²) in [7, 11) is 0. The number of hydrogen-bond acceptors (Lipinski definition) is 3. The molecule has 0 saturated carbocycles. The van der Waals surface area contributed by atoms with Crippen molar-refractivity contribution < 1.29 is 9.59 Å². The van der Waals surface area contributed by atoms with E-state index in [0.717, 1.165) is 16.7 Å². The van der Waals surface area contributed by atoms with Gasteiger partial charge in [0.1, 0.15) is 0 Å². The summed E-state index contributed by atoms with van der Waals surface area (Å²) >= 11 is 0. The second-order valence-corrected chi connectivity index (χ2v) is 6.39. The highest BCUT2D eigenvalue weighted by molar-refractivity contribution is 6.29. The van der Waals surface area contributed by atoms with Gasteiger partial charge in [0.15, 0.2) is 17.6 Å². The van der Waals surface area contributed by atoms with E-state index in [1.54, 1.807) is 30.3 Å². The molecule has 1 aliphatic rings. The number of carbonyl (C=O) groups excluding carboxylic acids is 2. The molecule has 3 heteroatoms. The number of fused-ring (bicyclic) bond motifs is 1. The molecule has 0 radical (unpaired) electrons. The molecule has 0 fully saturated rings. The number of rotatable bonds is 3. The molecule has 0 amide bonds. The highest BCUT2D eigenvalue weighted by Gasteiger charge is 2.34. The number of nitrogens with zero attached hydrogens (tertiary/aromatic N) is 1. The number of aliphatic imine (C=N–C) groups is 1. The fraction of sp³-hybridized carbons (Fsp3) is 0.0870. The lowest BCUT2D eigenvalue weighted by Gasteiger charge is -2.22. The Balaban J connectivity index is 1.86. The standard InChI is InChI=1S/C23H17NO2/c1-15-11-13-16(14-12-15)20-18-9-5-6-10-19(18)23(26)21(24-20)22(25)17-7-3-2-4-8-17/h2-14,21H,1H3. The number of carbonyl (C=O) groups is 2. The summed E-state index contributed by atoms with van der Waals surface area (Å²) in [5.74, 6) is -0.514. The first-order valence-electron chi connectivity index (χ1n) is 8.53. The van der Waals surface area contributed by atoms with E-state index in [4.69, 9.17) is 0 Å². The van der Waals surface area contributed by atoms with Gasteiger partial charge in [-0.05, 0) is 6.92 Å². The molecule has 126 valence electrons. The molecule has 3 aromatic carbocycles. The molecule has 1 heterocycles. The lowest BCUT2D eigenvalue weighted by Crippen LogP contribution is -2.35. The van der Waals surface area contributed by atoms with Crippen molar-refractivity contribution in [1.29, 1.82) is 0 Å². The first-order chi connectivity index (χ1) is 12.6. The lowest BCUT2D eigenvalue weighted by molar-refractivity contribution is 0.0862. The Kier molecular flexibility index (Phi) is 4.05. The van der Waals surface area contributed by atoms with E-state index in [2.05, 4.69) is 4.99 Å². The van der Waals surface area contributed by atoms with E-state index in [1.165, 1.54) is 0 Å². The van der Waals surface area contributed by atoms with Gasteiger partial charge in [-0.1, -0.05) is 84.4 Å². The molecule has 1 aliphatic heterocycles. The largest absolute Gasteiger partial charge is 0.291 e. The summed E-state index contributed by atoms with van der Waals surface area (Å²) in [6, 6.07) is 23.1. The Labute approximate surface area is 152 Å². The Hall–Kier alpha value is -3.33. The van der Waals surface area contributed by atoms with E-state index in [0.29, 0.717) is 16.8 Å². The normalized spacial score (nSPS) is 16.0. The zero-order valence-electron chi connectivity index (χ0n) is 14.3. The first kappa shape index (κ1) is 16.2. The van der Waals surface area contributed by atoms with Crippen LogP contribution in [0.4, 0.5) is 0 Å². The van der Waals surface area contributed by atoms with Gasteiger partial charge in [-0.3, -0.25) is 14.6 Å². The van der Waals surface area contributed by atoms with Crippen LogP contribution < -0.4 is 0 Å². The Morgan fingerprint density at radius 2 is 1.42 bits per heavy atom. The van der Waals surface area contributed by atoms with Gasteiger partial charge >= 0.3 is 0 Å². The van der Waals surface area contributed by atoms with Crippen LogP contribution in [0.5, 0.6) is 0 Å². The van der Waals surface area contributed by atoms with Crippen molar-refractivity contribution in [2.75, 3.05) is 0 Å². The van der Waals surface area contributed by atoms with Crippen LogP contribution in [0.15, 0.2) is 83.9 Å². The topological polar surface area (TPSA) is 46.5 Å². The molecule has 1 atom stereocenters. The van der Waals surface area contributed by atoms with Crippen LogP contribution >= 0.6 is 0 Å². The highest BCUT2D eigenvalue weighted by Crippen LogP contribution is 2.25. The van der Waals surface area contributed by atoms with Crippen LogP contribution in [0.3, 0.4) is 0 Å². The fourth-order valence-electron chi connectivity index (χ4n) is 3.19.